The van der Waals surface area contributed by atoms with Crippen molar-refractivity contribution in [3.05, 3.63) is 77.6 Å². The fourth-order valence-corrected chi connectivity index (χ4v) is 2.53. The molecular weight excluding hydrogens is 321 g/mol. The van der Waals surface area contributed by atoms with Crippen LogP contribution >= 0.6 is 0 Å². The summed E-state index contributed by atoms with van der Waals surface area (Å²) in [7, 11) is 0. The molecule has 0 spiro atoms. The fraction of sp³-hybridized carbons (Fsp3) is 0.222. The van der Waals surface area contributed by atoms with E-state index in [4.69, 9.17) is 0 Å². The summed E-state index contributed by atoms with van der Waals surface area (Å²) in [5.41, 5.74) is 1.61. The topological polar surface area (TPSA) is 72.7 Å². The molecule has 0 bridgehead atoms. The third-order valence-electron chi connectivity index (χ3n) is 4.05. The highest BCUT2D eigenvalue weighted by Crippen LogP contribution is 2.20. The van der Waals surface area contributed by atoms with Gasteiger partial charge in [-0.1, -0.05) is 23.4 Å². The summed E-state index contributed by atoms with van der Waals surface area (Å²) < 4.78 is 15.4. The molecule has 2 heterocycles. The predicted molar refractivity (Wildman–Crippen MR) is 90.4 cm³/mol. The Balaban J connectivity index is 1.73. The van der Waals surface area contributed by atoms with Crippen molar-refractivity contribution < 1.29 is 9.18 Å². The van der Waals surface area contributed by atoms with Gasteiger partial charge in [-0.2, -0.15) is 0 Å². The molecule has 0 aliphatic rings. The molecule has 3 rings (SSSR count). The van der Waals surface area contributed by atoms with Crippen molar-refractivity contribution >= 4 is 5.91 Å². The third-order valence-corrected chi connectivity index (χ3v) is 4.05. The largest absolute Gasteiger partial charge is 0.344 e. The Labute approximate surface area is 144 Å². The van der Waals surface area contributed by atoms with Crippen LogP contribution in [0.3, 0.4) is 0 Å². The lowest BCUT2D eigenvalue weighted by molar-refractivity contribution is 0.0934. The van der Waals surface area contributed by atoms with Crippen molar-refractivity contribution in [3.63, 3.8) is 0 Å². The number of rotatable bonds is 5. The number of nitrogens with one attached hydrogen (secondary N) is 1. The molecule has 0 unspecified atom stereocenters. The zero-order valence-corrected chi connectivity index (χ0v) is 13.9. The minimum Gasteiger partial charge on any atom is -0.344 e. The van der Waals surface area contributed by atoms with Crippen LogP contribution in [0.1, 0.15) is 47.5 Å². The van der Waals surface area contributed by atoms with Gasteiger partial charge in [0.1, 0.15) is 5.82 Å². The first kappa shape index (κ1) is 16.8. The lowest BCUT2D eigenvalue weighted by Gasteiger charge is -2.13. The summed E-state index contributed by atoms with van der Waals surface area (Å²) in [5.74, 6) is -0.654. The normalized spacial score (nSPS) is 13.2. The van der Waals surface area contributed by atoms with Crippen molar-refractivity contribution in [2.45, 2.75) is 25.9 Å². The average Bonchev–Trinajstić information content (AvgIpc) is 3.12. The van der Waals surface area contributed by atoms with E-state index < -0.39 is 0 Å². The quantitative estimate of drug-likeness (QED) is 0.776. The standard InChI is InChI=1S/C18H18FN5O/c1-12(14-7-9-20-10-8-14)21-18(25)17-11-24(23-22-17)13(2)15-5-3-4-6-16(15)19/h3-13H,1-2H3,(H,21,25)/t12-,13+/m0/s1. The average molecular weight is 339 g/mol. The van der Waals surface area contributed by atoms with Crippen LogP contribution in [0, 0.1) is 5.82 Å². The van der Waals surface area contributed by atoms with Gasteiger partial charge in [0.25, 0.3) is 5.91 Å². The predicted octanol–water partition coefficient (Wildman–Crippen LogP) is 2.91. The van der Waals surface area contributed by atoms with Crippen LogP contribution in [0.2, 0.25) is 0 Å². The van der Waals surface area contributed by atoms with Crippen molar-refractivity contribution in [2.24, 2.45) is 0 Å². The molecule has 128 valence electrons. The van der Waals surface area contributed by atoms with Gasteiger partial charge in [0.05, 0.1) is 18.3 Å². The molecule has 3 aromatic rings. The van der Waals surface area contributed by atoms with E-state index in [1.54, 1.807) is 37.5 Å². The van der Waals surface area contributed by atoms with Gasteiger partial charge in [0.2, 0.25) is 0 Å². The zero-order chi connectivity index (χ0) is 17.8. The van der Waals surface area contributed by atoms with E-state index >= 15 is 0 Å². The molecule has 0 saturated heterocycles. The first-order chi connectivity index (χ1) is 12.1. The Kier molecular flexibility index (Phi) is 4.83. The van der Waals surface area contributed by atoms with Crippen molar-refractivity contribution in [1.82, 2.24) is 25.3 Å². The van der Waals surface area contributed by atoms with E-state index in [0.717, 1.165) is 5.56 Å². The summed E-state index contributed by atoms with van der Waals surface area (Å²) in [6.07, 6.45) is 4.86. The Morgan fingerprint density at radius 2 is 1.88 bits per heavy atom. The van der Waals surface area contributed by atoms with Gasteiger partial charge in [-0.25, -0.2) is 9.07 Å². The van der Waals surface area contributed by atoms with E-state index in [1.807, 2.05) is 19.1 Å². The van der Waals surface area contributed by atoms with Crippen molar-refractivity contribution in [3.8, 4) is 0 Å². The minimum absolute atomic E-state index is 0.184. The zero-order valence-electron chi connectivity index (χ0n) is 13.9. The molecule has 1 amide bonds. The molecule has 0 aliphatic heterocycles. The Morgan fingerprint density at radius 1 is 1.16 bits per heavy atom. The number of amides is 1. The number of aromatic nitrogens is 4. The highest BCUT2D eigenvalue weighted by atomic mass is 19.1. The maximum absolute atomic E-state index is 13.9. The number of carbonyl (C=O) groups excluding carboxylic acids is 1. The van der Waals surface area contributed by atoms with E-state index in [-0.39, 0.29) is 29.5 Å². The lowest BCUT2D eigenvalue weighted by Crippen LogP contribution is -2.27. The van der Waals surface area contributed by atoms with Gasteiger partial charge >= 0.3 is 0 Å². The van der Waals surface area contributed by atoms with E-state index in [0.29, 0.717) is 5.56 Å². The molecule has 0 aliphatic carbocycles. The highest BCUT2D eigenvalue weighted by molar-refractivity contribution is 5.92. The number of nitrogens with zero attached hydrogens (tertiary/aromatic N) is 4. The first-order valence-corrected chi connectivity index (χ1v) is 7.93. The summed E-state index contributed by atoms with van der Waals surface area (Å²) in [6.45, 7) is 3.67. The molecule has 1 aromatic carbocycles. The maximum atomic E-state index is 13.9. The van der Waals surface area contributed by atoms with E-state index in [1.165, 1.54) is 16.9 Å². The second-order valence-electron chi connectivity index (χ2n) is 5.76. The van der Waals surface area contributed by atoms with E-state index in [9.17, 15) is 9.18 Å². The Hall–Kier alpha value is -3.09. The molecule has 7 heteroatoms. The molecule has 0 fully saturated rings. The Morgan fingerprint density at radius 3 is 2.60 bits per heavy atom. The van der Waals surface area contributed by atoms with Crippen LogP contribution in [0.5, 0.6) is 0 Å². The maximum Gasteiger partial charge on any atom is 0.273 e. The van der Waals surface area contributed by atoms with E-state index in [2.05, 4.69) is 20.6 Å². The molecular formula is C18H18FN5O. The summed E-state index contributed by atoms with van der Waals surface area (Å²) in [6, 6.07) is 9.59. The molecule has 25 heavy (non-hydrogen) atoms. The monoisotopic (exact) mass is 339 g/mol. The van der Waals surface area contributed by atoms with Crippen LogP contribution in [0.15, 0.2) is 55.0 Å². The molecule has 1 N–H and O–H groups in total. The van der Waals surface area contributed by atoms with Crippen LogP contribution in [0.4, 0.5) is 4.39 Å². The number of pyridine rings is 1. The molecule has 2 atom stereocenters. The molecule has 0 radical (unpaired) electrons. The molecule has 0 saturated carbocycles. The van der Waals surface area contributed by atoms with Crippen LogP contribution < -0.4 is 5.32 Å². The van der Waals surface area contributed by atoms with Gasteiger partial charge in [-0.15, -0.1) is 5.10 Å². The summed E-state index contributed by atoms with van der Waals surface area (Å²) in [4.78, 5) is 16.3. The number of carbonyl (C=O) groups is 1. The minimum atomic E-state index is -0.368. The highest BCUT2D eigenvalue weighted by Gasteiger charge is 2.18. The number of hydrogen-bond donors (Lipinski definition) is 1. The summed E-state index contributed by atoms with van der Waals surface area (Å²) >= 11 is 0. The second-order valence-corrected chi connectivity index (χ2v) is 5.76. The fourth-order valence-electron chi connectivity index (χ4n) is 2.53. The van der Waals surface area contributed by atoms with Crippen LogP contribution in [-0.2, 0) is 0 Å². The SMILES string of the molecule is C[C@H](NC(=O)c1cn([C@H](C)c2ccccc2F)nn1)c1ccncc1. The second kappa shape index (κ2) is 7.21. The molecule has 6 nitrogen and oxygen atoms in total. The van der Waals surface area contributed by atoms with Gasteiger partial charge in [-0.05, 0) is 37.6 Å². The first-order valence-electron chi connectivity index (χ1n) is 7.93. The van der Waals surface area contributed by atoms with Gasteiger partial charge in [0.15, 0.2) is 5.69 Å². The number of halogens is 1. The van der Waals surface area contributed by atoms with Gasteiger partial charge < -0.3 is 5.32 Å². The van der Waals surface area contributed by atoms with Gasteiger partial charge in [-0.3, -0.25) is 9.78 Å². The summed E-state index contributed by atoms with van der Waals surface area (Å²) in [5, 5.41) is 10.7. The Bertz CT molecular complexity index is 865. The lowest BCUT2D eigenvalue weighted by atomic mass is 10.1. The number of hydrogen-bond acceptors (Lipinski definition) is 4. The molecule has 2 aromatic heterocycles. The number of benzene rings is 1. The van der Waals surface area contributed by atoms with Crippen molar-refractivity contribution in [2.75, 3.05) is 0 Å². The van der Waals surface area contributed by atoms with Crippen molar-refractivity contribution in [1.29, 1.82) is 0 Å². The third kappa shape index (κ3) is 3.71. The van der Waals surface area contributed by atoms with Crippen LogP contribution in [-0.4, -0.2) is 25.9 Å². The van der Waals surface area contributed by atoms with Crippen LogP contribution in [0.25, 0.3) is 0 Å². The van der Waals surface area contributed by atoms with Gasteiger partial charge in [0, 0.05) is 18.0 Å². The smallest absolute Gasteiger partial charge is 0.273 e.